The molecule has 1 atom stereocenters. The maximum absolute atomic E-state index is 11.9. The molecule has 0 fully saturated rings. The Kier molecular flexibility index (Phi) is 4.01. The maximum Gasteiger partial charge on any atom is 0.317 e. The number of nitrogens with zero attached hydrogens (tertiary/aromatic N) is 1. The van der Waals surface area contributed by atoms with Gasteiger partial charge >= 0.3 is 12.0 Å². The number of carbonyl (C=O) groups is 2. The average molecular weight is 263 g/mol. The van der Waals surface area contributed by atoms with Crippen LogP contribution in [0, 0.1) is 0 Å². The van der Waals surface area contributed by atoms with E-state index >= 15 is 0 Å². The molecule has 0 saturated heterocycles. The number of carboxylic acids is 1. The maximum atomic E-state index is 11.9. The van der Waals surface area contributed by atoms with Crippen molar-refractivity contribution in [3.63, 3.8) is 0 Å². The first-order chi connectivity index (χ1) is 9.13. The van der Waals surface area contributed by atoms with E-state index in [1.807, 2.05) is 24.3 Å². The molecule has 0 spiro atoms. The third kappa shape index (κ3) is 2.85. The fourth-order valence-electron chi connectivity index (χ4n) is 2.26. The Morgan fingerprint density at radius 3 is 2.84 bits per heavy atom. The molecule has 1 aliphatic heterocycles. The number of nitrogens with two attached hydrogens (primary N) is 1. The molecule has 19 heavy (non-hydrogen) atoms. The van der Waals surface area contributed by atoms with E-state index in [1.165, 1.54) is 4.90 Å². The summed E-state index contributed by atoms with van der Waals surface area (Å²) in [7, 11) is 0. The number of urea groups is 1. The van der Waals surface area contributed by atoms with Gasteiger partial charge in [0.2, 0.25) is 0 Å². The first-order valence-electron chi connectivity index (χ1n) is 6.17. The largest absolute Gasteiger partial charge is 0.481 e. The standard InChI is InChI=1S/C13H17N3O3/c14-5-6-15-13(19)16-7-9-3-1-2-4-10(9)11(8-16)12(17)18/h1-4,11H,5-8,14H2,(H,15,19)(H,17,18). The van der Waals surface area contributed by atoms with Crippen LogP contribution in [0.2, 0.25) is 0 Å². The number of hydrogen-bond acceptors (Lipinski definition) is 3. The lowest BCUT2D eigenvalue weighted by molar-refractivity contribution is -0.139. The predicted octanol–water partition coefficient (Wildman–Crippen LogP) is 0.339. The summed E-state index contributed by atoms with van der Waals surface area (Å²) in [5.74, 6) is -1.59. The highest BCUT2D eigenvalue weighted by molar-refractivity contribution is 5.80. The van der Waals surface area contributed by atoms with E-state index in [0.717, 1.165) is 11.1 Å². The molecular formula is C13H17N3O3. The van der Waals surface area contributed by atoms with Crippen LogP contribution < -0.4 is 11.1 Å². The van der Waals surface area contributed by atoms with Crippen molar-refractivity contribution in [3.05, 3.63) is 35.4 Å². The Morgan fingerprint density at radius 2 is 2.16 bits per heavy atom. The Labute approximate surface area is 111 Å². The zero-order valence-corrected chi connectivity index (χ0v) is 10.5. The average Bonchev–Trinajstić information content (AvgIpc) is 2.43. The van der Waals surface area contributed by atoms with Gasteiger partial charge in [-0.05, 0) is 11.1 Å². The van der Waals surface area contributed by atoms with Crippen LogP contribution in [0.1, 0.15) is 17.0 Å². The molecule has 6 nitrogen and oxygen atoms in total. The number of amides is 2. The Balaban J connectivity index is 2.20. The van der Waals surface area contributed by atoms with E-state index in [2.05, 4.69) is 5.32 Å². The SMILES string of the molecule is NCCNC(=O)N1Cc2ccccc2C(C(=O)O)C1. The molecule has 1 unspecified atom stereocenters. The number of benzene rings is 1. The lowest BCUT2D eigenvalue weighted by atomic mass is 9.90. The fraction of sp³-hybridized carbons (Fsp3) is 0.385. The molecule has 2 rings (SSSR count). The smallest absolute Gasteiger partial charge is 0.317 e. The Morgan fingerprint density at radius 1 is 1.42 bits per heavy atom. The molecule has 0 aromatic heterocycles. The van der Waals surface area contributed by atoms with Gasteiger partial charge in [0.25, 0.3) is 0 Å². The van der Waals surface area contributed by atoms with Crippen molar-refractivity contribution in [3.8, 4) is 0 Å². The molecule has 2 amide bonds. The predicted molar refractivity (Wildman–Crippen MR) is 69.7 cm³/mol. The highest BCUT2D eigenvalue weighted by Gasteiger charge is 2.32. The number of hydrogen-bond donors (Lipinski definition) is 3. The number of rotatable bonds is 3. The van der Waals surface area contributed by atoms with E-state index in [9.17, 15) is 14.7 Å². The quantitative estimate of drug-likeness (QED) is 0.732. The second-order valence-electron chi connectivity index (χ2n) is 4.49. The zero-order chi connectivity index (χ0) is 13.8. The third-order valence-corrected chi connectivity index (χ3v) is 3.20. The molecule has 0 radical (unpaired) electrons. The molecule has 0 aliphatic carbocycles. The minimum Gasteiger partial charge on any atom is -0.481 e. The lowest BCUT2D eigenvalue weighted by Gasteiger charge is -2.32. The van der Waals surface area contributed by atoms with Gasteiger partial charge in [0.15, 0.2) is 0 Å². The third-order valence-electron chi connectivity index (χ3n) is 3.20. The van der Waals surface area contributed by atoms with Crippen LogP contribution in [0.4, 0.5) is 4.79 Å². The van der Waals surface area contributed by atoms with E-state index in [0.29, 0.717) is 19.6 Å². The van der Waals surface area contributed by atoms with E-state index in [1.54, 1.807) is 0 Å². The molecule has 1 aromatic rings. The molecule has 0 bridgehead atoms. The van der Waals surface area contributed by atoms with Crippen LogP contribution in [0.3, 0.4) is 0 Å². The van der Waals surface area contributed by atoms with Gasteiger partial charge in [-0.1, -0.05) is 24.3 Å². The Bertz CT molecular complexity index is 490. The van der Waals surface area contributed by atoms with Gasteiger partial charge in [0.1, 0.15) is 0 Å². The summed E-state index contributed by atoms with van der Waals surface area (Å²) in [6, 6.07) is 7.06. The highest BCUT2D eigenvalue weighted by atomic mass is 16.4. The summed E-state index contributed by atoms with van der Waals surface area (Å²) in [5.41, 5.74) is 7.00. The fourth-order valence-corrected chi connectivity index (χ4v) is 2.26. The van der Waals surface area contributed by atoms with Crippen molar-refractivity contribution >= 4 is 12.0 Å². The van der Waals surface area contributed by atoms with Crippen LogP contribution in [-0.4, -0.2) is 41.6 Å². The van der Waals surface area contributed by atoms with Crippen molar-refractivity contribution in [1.29, 1.82) is 0 Å². The van der Waals surface area contributed by atoms with Gasteiger partial charge in [0.05, 0.1) is 5.92 Å². The van der Waals surface area contributed by atoms with Gasteiger partial charge in [-0.25, -0.2) is 4.79 Å². The molecular weight excluding hydrogens is 246 g/mol. The number of carboxylic acid groups (broad SMARTS) is 1. The summed E-state index contributed by atoms with van der Waals surface area (Å²) in [4.78, 5) is 24.7. The molecule has 0 saturated carbocycles. The summed E-state index contributed by atoms with van der Waals surface area (Å²) >= 11 is 0. The van der Waals surface area contributed by atoms with E-state index in [-0.39, 0.29) is 12.6 Å². The summed E-state index contributed by atoms with van der Waals surface area (Å²) in [6.07, 6.45) is 0. The monoisotopic (exact) mass is 263 g/mol. The van der Waals surface area contributed by atoms with E-state index < -0.39 is 11.9 Å². The highest BCUT2D eigenvalue weighted by Crippen LogP contribution is 2.28. The second kappa shape index (κ2) is 5.71. The van der Waals surface area contributed by atoms with E-state index in [4.69, 9.17) is 5.73 Å². The van der Waals surface area contributed by atoms with Crippen molar-refractivity contribution < 1.29 is 14.7 Å². The number of carbonyl (C=O) groups excluding carboxylic acids is 1. The molecule has 4 N–H and O–H groups in total. The molecule has 102 valence electrons. The van der Waals surface area contributed by atoms with Crippen molar-refractivity contribution in [2.45, 2.75) is 12.5 Å². The van der Waals surface area contributed by atoms with Crippen LogP contribution in [0.15, 0.2) is 24.3 Å². The molecule has 1 aromatic carbocycles. The zero-order valence-electron chi connectivity index (χ0n) is 10.5. The lowest BCUT2D eigenvalue weighted by Crippen LogP contribution is -2.46. The first-order valence-corrected chi connectivity index (χ1v) is 6.17. The van der Waals surface area contributed by atoms with Gasteiger partial charge in [-0.3, -0.25) is 4.79 Å². The second-order valence-corrected chi connectivity index (χ2v) is 4.49. The topological polar surface area (TPSA) is 95.7 Å². The minimum atomic E-state index is -0.913. The summed E-state index contributed by atoms with van der Waals surface area (Å²) in [5, 5.41) is 11.9. The van der Waals surface area contributed by atoms with Crippen molar-refractivity contribution in [2.24, 2.45) is 5.73 Å². The van der Waals surface area contributed by atoms with Crippen LogP contribution >= 0.6 is 0 Å². The van der Waals surface area contributed by atoms with Crippen LogP contribution in [0.5, 0.6) is 0 Å². The minimum absolute atomic E-state index is 0.183. The molecule has 1 heterocycles. The normalized spacial score (nSPS) is 17.7. The Hall–Kier alpha value is -2.08. The van der Waals surface area contributed by atoms with Crippen molar-refractivity contribution in [1.82, 2.24) is 10.2 Å². The van der Waals surface area contributed by atoms with Gasteiger partial charge in [-0.15, -0.1) is 0 Å². The summed E-state index contributed by atoms with van der Waals surface area (Å²) < 4.78 is 0. The van der Waals surface area contributed by atoms with Gasteiger partial charge < -0.3 is 21.1 Å². The van der Waals surface area contributed by atoms with Gasteiger partial charge in [0, 0.05) is 26.2 Å². The number of fused-ring (bicyclic) bond motifs is 1. The molecule has 6 heteroatoms. The van der Waals surface area contributed by atoms with Gasteiger partial charge in [-0.2, -0.15) is 0 Å². The number of nitrogens with one attached hydrogen (secondary N) is 1. The van der Waals surface area contributed by atoms with Crippen LogP contribution in [-0.2, 0) is 11.3 Å². The molecule has 1 aliphatic rings. The van der Waals surface area contributed by atoms with Crippen molar-refractivity contribution in [2.75, 3.05) is 19.6 Å². The summed E-state index contributed by atoms with van der Waals surface area (Å²) in [6.45, 7) is 1.35. The first kappa shape index (κ1) is 13.4. The number of aliphatic carboxylic acids is 1. The van der Waals surface area contributed by atoms with Crippen LogP contribution in [0.25, 0.3) is 0 Å².